The highest BCUT2D eigenvalue weighted by Crippen LogP contribution is 2.48. The van der Waals surface area contributed by atoms with Crippen molar-refractivity contribution in [1.29, 1.82) is 0 Å². The summed E-state index contributed by atoms with van der Waals surface area (Å²) in [5.41, 5.74) is 8.55. The Morgan fingerprint density at radius 1 is 0.970 bits per heavy atom. The molecule has 2 amide bonds. The molecule has 0 aliphatic heterocycles. The molecular formula is C26H32N6O. The van der Waals surface area contributed by atoms with E-state index in [-0.39, 0.29) is 11.0 Å². The van der Waals surface area contributed by atoms with Crippen LogP contribution in [0.2, 0.25) is 0 Å². The molecule has 1 fully saturated rings. The molecule has 0 bridgehead atoms. The maximum atomic E-state index is 12.4. The Morgan fingerprint density at radius 3 is 2.18 bits per heavy atom. The second kappa shape index (κ2) is 9.27. The first-order valence-electron chi connectivity index (χ1n) is 11.4. The monoisotopic (exact) mass is 444 g/mol. The number of hydrogen-bond donors (Lipinski definition) is 1. The van der Waals surface area contributed by atoms with E-state index < -0.39 is 6.03 Å². The summed E-state index contributed by atoms with van der Waals surface area (Å²) >= 11 is 0. The maximum Gasteiger partial charge on any atom is 0.319 e. The largest absolute Gasteiger partial charge is 0.351 e. The fraction of sp³-hybridized carbons (Fsp3) is 0.385. The van der Waals surface area contributed by atoms with Crippen LogP contribution in [0, 0.1) is 5.41 Å². The van der Waals surface area contributed by atoms with Crippen molar-refractivity contribution in [2.45, 2.75) is 38.1 Å². The van der Waals surface area contributed by atoms with Gasteiger partial charge in [0.05, 0.1) is 18.1 Å². The molecule has 0 radical (unpaired) electrons. The van der Waals surface area contributed by atoms with E-state index in [4.69, 9.17) is 5.73 Å². The SMILES string of the molecule is CN(C)C1(c2ccccc2)CCC(C)(CN(C(N)=O)c2cnc(-c3cccnc3)nc2)CC1. The highest BCUT2D eigenvalue weighted by atomic mass is 16.2. The molecule has 1 saturated carbocycles. The van der Waals surface area contributed by atoms with Gasteiger partial charge in [0, 0.05) is 30.0 Å². The molecule has 0 spiro atoms. The molecule has 0 saturated heterocycles. The first-order chi connectivity index (χ1) is 15.8. The molecule has 3 aromatic rings. The summed E-state index contributed by atoms with van der Waals surface area (Å²) in [6, 6.07) is 14.0. The van der Waals surface area contributed by atoms with E-state index in [9.17, 15) is 4.79 Å². The van der Waals surface area contributed by atoms with Crippen LogP contribution in [0.5, 0.6) is 0 Å². The number of nitrogens with zero attached hydrogens (tertiary/aromatic N) is 5. The molecular weight excluding hydrogens is 412 g/mol. The summed E-state index contributed by atoms with van der Waals surface area (Å²) in [6.45, 7) is 2.79. The molecule has 0 atom stereocenters. The minimum atomic E-state index is -0.485. The van der Waals surface area contributed by atoms with Gasteiger partial charge in [0.2, 0.25) is 0 Å². The predicted molar refractivity (Wildman–Crippen MR) is 131 cm³/mol. The van der Waals surface area contributed by atoms with Gasteiger partial charge in [-0.25, -0.2) is 14.8 Å². The van der Waals surface area contributed by atoms with Gasteiger partial charge in [-0.1, -0.05) is 37.3 Å². The normalized spacial score (nSPS) is 22.8. The highest BCUT2D eigenvalue weighted by Gasteiger charge is 2.44. The van der Waals surface area contributed by atoms with Gasteiger partial charge in [-0.2, -0.15) is 0 Å². The average molecular weight is 445 g/mol. The lowest BCUT2D eigenvalue weighted by Gasteiger charge is -2.50. The number of primary amides is 1. The van der Waals surface area contributed by atoms with Gasteiger partial charge in [0.25, 0.3) is 0 Å². The predicted octanol–water partition coefficient (Wildman–Crippen LogP) is 4.46. The van der Waals surface area contributed by atoms with Crippen LogP contribution < -0.4 is 10.6 Å². The van der Waals surface area contributed by atoms with E-state index in [0.29, 0.717) is 18.1 Å². The maximum absolute atomic E-state index is 12.4. The van der Waals surface area contributed by atoms with Gasteiger partial charge in [0.1, 0.15) is 0 Å². The number of hydrogen-bond acceptors (Lipinski definition) is 5. The molecule has 1 aliphatic carbocycles. The standard InChI is InChI=1S/C26H32N6O/c1-25(11-13-26(14-12-25,31(2)3)21-9-5-4-6-10-21)19-32(24(27)33)22-17-29-23(30-18-22)20-8-7-15-28-16-20/h4-10,15-18H,11-14,19H2,1-3H3,(H2,27,33). The molecule has 2 aromatic heterocycles. The second-order valence-corrected chi connectivity index (χ2v) is 9.53. The summed E-state index contributed by atoms with van der Waals surface area (Å²) in [6.07, 6.45) is 10.8. The van der Waals surface area contributed by atoms with E-state index in [1.807, 2.05) is 12.1 Å². The second-order valence-electron chi connectivity index (χ2n) is 9.53. The Labute approximate surface area is 195 Å². The number of aromatic nitrogens is 3. The molecule has 7 nitrogen and oxygen atoms in total. The lowest BCUT2D eigenvalue weighted by atomic mass is 9.65. The van der Waals surface area contributed by atoms with Gasteiger partial charge in [-0.05, 0) is 62.9 Å². The minimum absolute atomic E-state index is 0.00675. The van der Waals surface area contributed by atoms with Crippen LogP contribution in [0.3, 0.4) is 0 Å². The molecule has 2 N–H and O–H groups in total. The van der Waals surface area contributed by atoms with E-state index in [1.54, 1.807) is 29.7 Å². The number of urea groups is 1. The van der Waals surface area contributed by atoms with E-state index in [0.717, 1.165) is 31.2 Å². The average Bonchev–Trinajstić information content (AvgIpc) is 2.84. The Bertz CT molecular complexity index is 1060. The van der Waals surface area contributed by atoms with Crippen LogP contribution in [0.1, 0.15) is 38.2 Å². The van der Waals surface area contributed by atoms with Crippen LogP contribution in [-0.4, -0.2) is 46.5 Å². The van der Waals surface area contributed by atoms with Crippen molar-refractivity contribution in [1.82, 2.24) is 19.9 Å². The minimum Gasteiger partial charge on any atom is -0.351 e. The van der Waals surface area contributed by atoms with Crippen LogP contribution in [0.4, 0.5) is 10.5 Å². The molecule has 1 aromatic carbocycles. The smallest absolute Gasteiger partial charge is 0.319 e. The number of pyridine rings is 1. The van der Waals surface area contributed by atoms with Crippen molar-refractivity contribution in [3.8, 4) is 11.4 Å². The van der Waals surface area contributed by atoms with Crippen molar-refractivity contribution in [2.75, 3.05) is 25.5 Å². The van der Waals surface area contributed by atoms with Crippen molar-refractivity contribution >= 4 is 11.7 Å². The summed E-state index contributed by atoms with van der Waals surface area (Å²) < 4.78 is 0. The number of benzene rings is 1. The van der Waals surface area contributed by atoms with Crippen molar-refractivity contribution in [3.63, 3.8) is 0 Å². The van der Waals surface area contributed by atoms with Gasteiger partial charge >= 0.3 is 6.03 Å². The van der Waals surface area contributed by atoms with Crippen molar-refractivity contribution in [3.05, 3.63) is 72.8 Å². The van der Waals surface area contributed by atoms with Crippen LogP contribution in [0.15, 0.2) is 67.3 Å². The zero-order chi connectivity index (χ0) is 23.5. The lowest BCUT2D eigenvalue weighted by Crippen LogP contribution is -2.50. The third-order valence-corrected chi connectivity index (χ3v) is 7.13. The van der Waals surface area contributed by atoms with Crippen molar-refractivity contribution in [2.24, 2.45) is 11.1 Å². The summed E-state index contributed by atoms with van der Waals surface area (Å²) in [5, 5.41) is 0. The highest BCUT2D eigenvalue weighted by molar-refractivity contribution is 5.90. The van der Waals surface area contributed by atoms with Crippen LogP contribution in [0.25, 0.3) is 11.4 Å². The van der Waals surface area contributed by atoms with Gasteiger partial charge in [-0.15, -0.1) is 0 Å². The topological polar surface area (TPSA) is 88.2 Å². The molecule has 7 heteroatoms. The van der Waals surface area contributed by atoms with E-state index in [1.165, 1.54) is 5.56 Å². The molecule has 172 valence electrons. The molecule has 2 heterocycles. The van der Waals surface area contributed by atoms with Crippen molar-refractivity contribution < 1.29 is 4.79 Å². The Balaban J connectivity index is 1.51. The third-order valence-electron chi connectivity index (χ3n) is 7.13. The summed E-state index contributed by atoms with van der Waals surface area (Å²) in [4.78, 5) is 29.4. The molecule has 1 aliphatic rings. The van der Waals surface area contributed by atoms with Gasteiger partial charge in [-0.3, -0.25) is 14.8 Å². The zero-order valence-electron chi connectivity index (χ0n) is 19.6. The quantitative estimate of drug-likeness (QED) is 0.606. The Hall–Kier alpha value is -3.32. The Kier molecular flexibility index (Phi) is 6.42. The molecule has 4 rings (SSSR count). The van der Waals surface area contributed by atoms with E-state index >= 15 is 0 Å². The summed E-state index contributed by atoms with van der Waals surface area (Å²) in [5.74, 6) is 0.568. The number of carbonyl (C=O) groups is 1. The molecule has 33 heavy (non-hydrogen) atoms. The third kappa shape index (κ3) is 4.73. The van der Waals surface area contributed by atoms with Crippen LogP contribution >= 0.6 is 0 Å². The number of anilines is 1. The van der Waals surface area contributed by atoms with Gasteiger partial charge in [0.15, 0.2) is 5.82 Å². The number of amides is 2. The van der Waals surface area contributed by atoms with Gasteiger partial charge < -0.3 is 5.73 Å². The first-order valence-corrected chi connectivity index (χ1v) is 11.4. The molecule has 0 unspecified atom stereocenters. The lowest BCUT2D eigenvalue weighted by molar-refractivity contribution is 0.0459. The van der Waals surface area contributed by atoms with Crippen LogP contribution in [-0.2, 0) is 5.54 Å². The Morgan fingerprint density at radius 2 is 1.64 bits per heavy atom. The fourth-order valence-corrected chi connectivity index (χ4v) is 4.95. The zero-order valence-corrected chi connectivity index (χ0v) is 19.6. The number of carbonyl (C=O) groups excluding carboxylic acids is 1. The summed E-state index contributed by atoms with van der Waals surface area (Å²) in [7, 11) is 4.32. The number of nitrogens with two attached hydrogens (primary N) is 1. The first kappa shape index (κ1) is 22.9. The van der Waals surface area contributed by atoms with E-state index in [2.05, 4.69) is 71.2 Å². The fourth-order valence-electron chi connectivity index (χ4n) is 4.95. The number of rotatable bonds is 6.